The van der Waals surface area contributed by atoms with Gasteiger partial charge in [0.15, 0.2) is 0 Å². The van der Waals surface area contributed by atoms with Gasteiger partial charge in [0.2, 0.25) is 0 Å². The summed E-state index contributed by atoms with van der Waals surface area (Å²) >= 11 is 3.24. The van der Waals surface area contributed by atoms with Crippen LogP contribution in [-0.4, -0.2) is 29.0 Å². The fourth-order valence-electron chi connectivity index (χ4n) is 1.78. The molecule has 0 bridgehead atoms. The van der Waals surface area contributed by atoms with Crippen LogP contribution in [0.5, 0.6) is 5.75 Å². The number of phenolic OH excluding ortho intramolecular Hbond substituents is 1. The summed E-state index contributed by atoms with van der Waals surface area (Å²) in [4.78, 5) is 13.7. The zero-order valence-electron chi connectivity index (χ0n) is 8.24. The van der Waals surface area contributed by atoms with Gasteiger partial charge in [0.1, 0.15) is 5.75 Å². The summed E-state index contributed by atoms with van der Waals surface area (Å²) in [5, 5.41) is 9.64. The van der Waals surface area contributed by atoms with Gasteiger partial charge in [0.25, 0.3) is 5.91 Å². The molecule has 1 N–H and O–H groups in total. The van der Waals surface area contributed by atoms with E-state index in [4.69, 9.17) is 0 Å². The van der Waals surface area contributed by atoms with Gasteiger partial charge >= 0.3 is 0 Å². The largest absolute Gasteiger partial charge is 0.507 e. The molecule has 1 aromatic rings. The van der Waals surface area contributed by atoms with E-state index in [0.29, 0.717) is 5.56 Å². The van der Waals surface area contributed by atoms with Gasteiger partial charge in [-0.3, -0.25) is 4.79 Å². The van der Waals surface area contributed by atoms with E-state index in [9.17, 15) is 9.90 Å². The third-order valence-corrected chi connectivity index (χ3v) is 3.08. The number of hydrogen-bond acceptors (Lipinski definition) is 2. The maximum absolute atomic E-state index is 11.9. The molecular weight excluding hydrogens is 258 g/mol. The summed E-state index contributed by atoms with van der Waals surface area (Å²) in [6.07, 6.45) is 2.12. The molecule has 0 aliphatic carbocycles. The van der Waals surface area contributed by atoms with E-state index in [1.807, 2.05) is 0 Å². The van der Waals surface area contributed by atoms with E-state index in [2.05, 4.69) is 15.9 Å². The van der Waals surface area contributed by atoms with Crippen LogP contribution in [0.2, 0.25) is 0 Å². The zero-order valence-corrected chi connectivity index (χ0v) is 9.83. The van der Waals surface area contributed by atoms with Gasteiger partial charge in [-0.25, -0.2) is 0 Å². The minimum absolute atomic E-state index is 0.0428. The number of phenols is 1. The summed E-state index contributed by atoms with van der Waals surface area (Å²) in [5.41, 5.74) is 0.389. The first-order chi connectivity index (χ1) is 7.18. The second-order valence-corrected chi connectivity index (χ2v) is 4.58. The quantitative estimate of drug-likeness (QED) is 0.851. The van der Waals surface area contributed by atoms with Gasteiger partial charge < -0.3 is 10.0 Å². The molecule has 3 nitrogen and oxygen atoms in total. The Morgan fingerprint density at radius 3 is 2.60 bits per heavy atom. The number of amides is 1. The van der Waals surface area contributed by atoms with Gasteiger partial charge in [0, 0.05) is 17.6 Å². The summed E-state index contributed by atoms with van der Waals surface area (Å²) in [6.45, 7) is 1.60. The van der Waals surface area contributed by atoms with Gasteiger partial charge in [0.05, 0.1) is 5.56 Å². The number of likely N-dealkylation sites (tertiary alicyclic amines) is 1. The first-order valence-corrected chi connectivity index (χ1v) is 5.75. The molecule has 1 aliphatic rings. The van der Waals surface area contributed by atoms with Crippen LogP contribution in [0.4, 0.5) is 0 Å². The third kappa shape index (κ3) is 2.15. The van der Waals surface area contributed by atoms with Crippen molar-refractivity contribution in [3.63, 3.8) is 0 Å². The zero-order chi connectivity index (χ0) is 10.8. The monoisotopic (exact) mass is 269 g/mol. The Hall–Kier alpha value is -1.03. The molecule has 0 aromatic heterocycles. The normalized spacial score (nSPS) is 15.7. The Bertz CT molecular complexity index is 386. The molecule has 1 fully saturated rings. The standard InChI is InChI=1S/C11H12BrNO2/c12-8-3-4-9(10(14)7-8)11(15)13-5-1-2-6-13/h3-4,7,14H,1-2,5-6H2. The molecule has 4 heteroatoms. The Balaban J connectivity index is 2.24. The van der Waals surface area contributed by atoms with Gasteiger partial charge in [-0.1, -0.05) is 15.9 Å². The Morgan fingerprint density at radius 2 is 2.00 bits per heavy atom. The van der Waals surface area contributed by atoms with E-state index >= 15 is 0 Å². The van der Waals surface area contributed by atoms with Gasteiger partial charge in [-0.15, -0.1) is 0 Å². The van der Waals surface area contributed by atoms with E-state index in [-0.39, 0.29) is 11.7 Å². The minimum atomic E-state index is -0.0718. The molecule has 80 valence electrons. The maximum atomic E-state index is 11.9. The topological polar surface area (TPSA) is 40.5 Å². The van der Waals surface area contributed by atoms with E-state index < -0.39 is 0 Å². The van der Waals surface area contributed by atoms with Crippen molar-refractivity contribution in [2.24, 2.45) is 0 Å². The highest BCUT2D eigenvalue weighted by Gasteiger charge is 2.21. The highest BCUT2D eigenvalue weighted by molar-refractivity contribution is 9.10. The van der Waals surface area contributed by atoms with Crippen LogP contribution in [-0.2, 0) is 0 Å². The van der Waals surface area contributed by atoms with Gasteiger partial charge in [-0.05, 0) is 31.0 Å². The lowest BCUT2D eigenvalue weighted by molar-refractivity contribution is 0.0790. The van der Waals surface area contributed by atoms with Crippen LogP contribution in [0.3, 0.4) is 0 Å². The van der Waals surface area contributed by atoms with Crippen LogP contribution in [0.1, 0.15) is 23.2 Å². The third-order valence-electron chi connectivity index (χ3n) is 2.58. The maximum Gasteiger partial charge on any atom is 0.257 e. The first kappa shape index (κ1) is 10.5. The average molecular weight is 270 g/mol. The Labute approximate surface area is 96.8 Å². The molecule has 1 aliphatic heterocycles. The SMILES string of the molecule is O=C(c1ccc(Br)cc1O)N1CCCC1. The molecule has 0 atom stereocenters. The smallest absolute Gasteiger partial charge is 0.257 e. The lowest BCUT2D eigenvalue weighted by Crippen LogP contribution is -2.27. The van der Waals surface area contributed by atoms with E-state index in [1.54, 1.807) is 23.1 Å². The average Bonchev–Trinajstić information content (AvgIpc) is 2.69. The van der Waals surface area contributed by atoms with Crippen molar-refractivity contribution in [2.45, 2.75) is 12.8 Å². The van der Waals surface area contributed by atoms with Crippen molar-refractivity contribution in [1.82, 2.24) is 4.90 Å². The van der Waals surface area contributed by atoms with Crippen LogP contribution < -0.4 is 0 Å². The van der Waals surface area contributed by atoms with Crippen LogP contribution in [0.25, 0.3) is 0 Å². The number of aromatic hydroxyl groups is 1. The molecule has 1 amide bonds. The number of benzene rings is 1. The van der Waals surface area contributed by atoms with Crippen molar-refractivity contribution in [1.29, 1.82) is 0 Å². The molecule has 1 heterocycles. The second kappa shape index (κ2) is 4.23. The second-order valence-electron chi connectivity index (χ2n) is 3.66. The molecule has 2 rings (SSSR count). The molecule has 0 unspecified atom stereocenters. The molecule has 0 spiro atoms. The van der Waals surface area contributed by atoms with Crippen LogP contribution >= 0.6 is 15.9 Å². The van der Waals surface area contributed by atoms with Crippen LogP contribution in [0.15, 0.2) is 22.7 Å². The van der Waals surface area contributed by atoms with Crippen molar-refractivity contribution in [2.75, 3.05) is 13.1 Å². The van der Waals surface area contributed by atoms with Crippen LogP contribution in [0, 0.1) is 0 Å². The molecule has 0 radical (unpaired) electrons. The summed E-state index contributed by atoms with van der Waals surface area (Å²) in [6, 6.07) is 4.96. The predicted molar refractivity (Wildman–Crippen MR) is 60.9 cm³/mol. The highest BCUT2D eigenvalue weighted by Crippen LogP contribution is 2.24. The number of rotatable bonds is 1. The van der Waals surface area contributed by atoms with E-state index in [1.165, 1.54) is 0 Å². The van der Waals surface area contributed by atoms with Crippen molar-refractivity contribution < 1.29 is 9.90 Å². The highest BCUT2D eigenvalue weighted by atomic mass is 79.9. The Kier molecular flexibility index (Phi) is 2.95. The summed E-state index contributed by atoms with van der Waals surface area (Å²) in [7, 11) is 0. The number of halogens is 1. The molecular formula is C11H12BrNO2. The van der Waals surface area contributed by atoms with Gasteiger partial charge in [-0.2, -0.15) is 0 Å². The van der Waals surface area contributed by atoms with E-state index in [0.717, 1.165) is 30.4 Å². The predicted octanol–water partition coefficient (Wildman–Crippen LogP) is 2.39. The number of hydrogen-bond donors (Lipinski definition) is 1. The van der Waals surface area contributed by atoms with Crippen molar-refractivity contribution in [3.05, 3.63) is 28.2 Å². The molecule has 1 saturated heterocycles. The lowest BCUT2D eigenvalue weighted by atomic mass is 10.2. The number of nitrogens with zero attached hydrogens (tertiary/aromatic N) is 1. The number of carbonyl (C=O) groups excluding carboxylic acids is 1. The van der Waals surface area contributed by atoms with Crippen molar-refractivity contribution in [3.8, 4) is 5.75 Å². The fraction of sp³-hybridized carbons (Fsp3) is 0.364. The Morgan fingerprint density at radius 1 is 1.33 bits per heavy atom. The molecule has 15 heavy (non-hydrogen) atoms. The summed E-state index contributed by atoms with van der Waals surface area (Å²) < 4.78 is 0.776. The summed E-state index contributed by atoms with van der Waals surface area (Å²) in [5.74, 6) is -0.0289. The lowest BCUT2D eigenvalue weighted by Gasteiger charge is -2.15. The van der Waals surface area contributed by atoms with Crippen molar-refractivity contribution >= 4 is 21.8 Å². The first-order valence-electron chi connectivity index (χ1n) is 4.96. The minimum Gasteiger partial charge on any atom is -0.507 e. The molecule has 0 saturated carbocycles. The molecule has 1 aromatic carbocycles. The number of carbonyl (C=O) groups is 1. The fourth-order valence-corrected chi connectivity index (χ4v) is 2.13.